The first-order chi connectivity index (χ1) is 12.8. The summed E-state index contributed by atoms with van der Waals surface area (Å²) in [6.07, 6.45) is 1.58. The van der Waals surface area contributed by atoms with Crippen LogP contribution in [-0.4, -0.2) is 38.1 Å². The summed E-state index contributed by atoms with van der Waals surface area (Å²) in [5.74, 6) is -1.05. The minimum Gasteiger partial charge on any atom is -0.450 e. The number of aryl methyl sites for hydroxylation is 1. The monoisotopic (exact) mass is 367 g/mol. The van der Waals surface area contributed by atoms with E-state index in [4.69, 9.17) is 4.74 Å². The number of benzene rings is 1. The largest absolute Gasteiger partial charge is 0.450 e. The lowest BCUT2D eigenvalue weighted by Gasteiger charge is -2.22. The highest BCUT2D eigenvalue weighted by atomic mass is 16.5. The van der Waals surface area contributed by atoms with Gasteiger partial charge in [-0.3, -0.25) is 4.79 Å². The van der Waals surface area contributed by atoms with Crippen LogP contribution in [0.2, 0.25) is 0 Å². The van der Waals surface area contributed by atoms with Crippen LogP contribution in [0, 0.1) is 6.92 Å². The summed E-state index contributed by atoms with van der Waals surface area (Å²) in [4.78, 5) is 32.4. The van der Waals surface area contributed by atoms with Crippen molar-refractivity contribution < 1.29 is 14.3 Å². The van der Waals surface area contributed by atoms with Gasteiger partial charge in [-0.05, 0) is 30.0 Å². The molecule has 0 atom stereocenters. The Morgan fingerprint density at radius 3 is 2.63 bits per heavy atom. The van der Waals surface area contributed by atoms with Crippen LogP contribution in [0.3, 0.4) is 0 Å². The van der Waals surface area contributed by atoms with Gasteiger partial charge >= 0.3 is 5.97 Å². The van der Waals surface area contributed by atoms with Crippen molar-refractivity contribution in [3.8, 4) is 0 Å². The zero-order valence-corrected chi connectivity index (χ0v) is 15.7. The van der Waals surface area contributed by atoms with Crippen molar-refractivity contribution in [2.45, 2.75) is 33.1 Å². The van der Waals surface area contributed by atoms with Crippen molar-refractivity contribution in [3.63, 3.8) is 0 Å². The van der Waals surface area contributed by atoms with E-state index in [9.17, 15) is 9.59 Å². The highest BCUT2D eigenvalue weighted by Gasteiger charge is 2.20. The highest BCUT2D eigenvalue weighted by molar-refractivity contribution is 5.95. The number of nitrogens with one attached hydrogen (secondary N) is 1. The van der Waals surface area contributed by atoms with Crippen molar-refractivity contribution in [3.05, 3.63) is 53.6 Å². The van der Waals surface area contributed by atoms with E-state index in [-0.39, 0.29) is 11.2 Å². The number of nitrogens with zero attached hydrogens (tertiary/aromatic N) is 4. The molecule has 0 unspecified atom stereocenters. The summed E-state index contributed by atoms with van der Waals surface area (Å²) in [6.45, 7) is 7.56. The van der Waals surface area contributed by atoms with Gasteiger partial charge in [0.1, 0.15) is 0 Å². The molecule has 1 aromatic carbocycles. The van der Waals surface area contributed by atoms with E-state index in [1.165, 1.54) is 4.52 Å². The maximum Gasteiger partial charge on any atom is 0.378 e. The lowest BCUT2D eigenvalue weighted by molar-refractivity contribution is -0.119. The van der Waals surface area contributed by atoms with Crippen molar-refractivity contribution in [2.75, 3.05) is 11.9 Å². The van der Waals surface area contributed by atoms with Gasteiger partial charge in [0.25, 0.3) is 17.5 Å². The number of para-hydroxylation sites is 1. The van der Waals surface area contributed by atoms with E-state index in [0.29, 0.717) is 11.5 Å². The van der Waals surface area contributed by atoms with E-state index >= 15 is 0 Å². The Morgan fingerprint density at radius 1 is 1.19 bits per heavy atom. The van der Waals surface area contributed by atoms with Gasteiger partial charge in [0.2, 0.25) is 0 Å². The molecule has 0 bridgehead atoms. The Labute approximate surface area is 156 Å². The number of amides is 1. The first-order valence-electron chi connectivity index (χ1n) is 8.50. The first kappa shape index (κ1) is 18.5. The molecule has 2 aromatic heterocycles. The average molecular weight is 367 g/mol. The Morgan fingerprint density at radius 2 is 1.93 bits per heavy atom. The van der Waals surface area contributed by atoms with Crippen molar-refractivity contribution in [1.29, 1.82) is 0 Å². The third-order valence-corrected chi connectivity index (χ3v) is 3.96. The number of carbonyl (C=O) groups excluding carboxylic acids is 2. The number of carbonyl (C=O) groups is 2. The quantitative estimate of drug-likeness (QED) is 0.712. The molecule has 1 N–H and O–H groups in total. The molecule has 0 saturated heterocycles. The summed E-state index contributed by atoms with van der Waals surface area (Å²) < 4.78 is 6.48. The standard InChI is InChI=1S/C19H21N5O3/c1-12-9-10-20-18-22-16(23-24(12)18)17(26)27-11-15(25)21-14-8-6-5-7-13(14)19(2,3)4/h5-10H,11H2,1-4H3,(H,21,25). The Balaban J connectivity index is 1.65. The highest BCUT2D eigenvalue weighted by Crippen LogP contribution is 2.29. The molecule has 3 rings (SSSR count). The van der Waals surface area contributed by atoms with E-state index in [2.05, 4.69) is 41.2 Å². The number of rotatable bonds is 4. The number of ether oxygens (including phenoxy) is 1. The summed E-state index contributed by atoms with van der Waals surface area (Å²) in [6, 6.07) is 9.28. The maximum absolute atomic E-state index is 12.2. The predicted molar refractivity (Wildman–Crippen MR) is 99.6 cm³/mol. The topological polar surface area (TPSA) is 98.5 Å². The molecule has 0 aliphatic carbocycles. The zero-order chi connectivity index (χ0) is 19.6. The molecule has 1 amide bonds. The molecule has 2 heterocycles. The van der Waals surface area contributed by atoms with Gasteiger partial charge in [0.05, 0.1) is 0 Å². The molecule has 0 spiro atoms. The second-order valence-corrected chi connectivity index (χ2v) is 7.15. The SMILES string of the molecule is Cc1ccnc2nc(C(=O)OCC(=O)Nc3ccccc3C(C)(C)C)nn12. The van der Waals surface area contributed by atoms with Gasteiger partial charge < -0.3 is 10.1 Å². The number of hydrogen-bond donors (Lipinski definition) is 1. The second kappa shape index (κ2) is 7.14. The first-order valence-corrected chi connectivity index (χ1v) is 8.50. The molecule has 8 nitrogen and oxygen atoms in total. The minimum atomic E-state index is -0.779. The molecule has 27 heavy (non-hydrogen) atoms. The smallest absolute Gasteiger partial charge is 0.378 e. The molecule has 0 saturated carbocycles. The normalized spacial score (nSPS) is 11.4. The Hall–Kier alpha value is -3.29. The summed E-state index contributed by atoms with van der Waals surface area (Å²) in [5.41, 5.74) is 2.33. The second-order valence-electron chi connectivity index (χ2n) is 7.15. The fourth-order valence-electron chi connectivity index (χ4n) is 2.62. The van der Waals surface area contributed by atoms with Crippen molar-refractivity contribution >= 4 is 23.3 Å². The van der Waals surface area contributed by atoms with Gasteiger partial charge in [-0.15, -0.1) is 5.10 Å². The lowest BCUT2D eigenvalue weighted by atomic mass is 9.86. The van der Waals surface area contributed by atoms with Crippen LogP contribution in [-0.2, 0) is 14.9 Å². The van der Waals surface area contributed by atoms with E-state index < -0.39 is 18.5 Å². The fraction of sp³-hybridized carbons (Fsp3) is 0.316. The molecule has 8 heteroatoms. The van der Waals surface area contributed by atoms with Crippen LogP contribution in [0.15, 0.2) is 36.5 Å². The van der Waals surface area contributed by atoms with Crippen LogP contribution >= 0.6 is 0 Å². The average Bonchev–Trinajstić information content (AvgIpc) is 3.05. The van der Waals surface area contributed by atoms with Crippen LogP contribution < -0.4 is 5.32 Å². The van der Waals surface area contributed by atoms with Crippen LogP contribution in [0.4, 0.5) is 5.69 Å². The molecule has 0 aliphatic rings. The number of fused-ring (bicyclic) bond motifs is 1. The molecule has 0 fully saturated rings. The summed E-state index contributed by atoms with van der Waals surface area (Å²) >= 11 is 0. The van der Waals surface area contributed by atoms with E-state index in [0.717, 1.165) is 11.3 Å². The lowest BCUT2D eigenvalue weighted by Crippen LogP contribution is -2.23. The summed E-state index contributed by atoms with van der Waals surface area (Å²) in [7, 11) is 0. The molecule has 140 valence electrons. The van der Waals surface area contributed by atoms with Crippen molar-refractivity contribution in [1.82, 2.24) is 19.6 Å². The van der Waals surface area contributed by atoms with Crippen molar-refractivity contribution in [2.24, 2.45) is 0 Å². The van der Waals surface area contributed by atoms with Gasteiger partial charge in [0.15, 0.2) is 6.61 Å². The number of aromatic nitrogens is 4. The number of anilines is 1. The van der Waals surface area contributed by atoms with Crippen LogP contribution in [0.25, 0.3) is 5.78 Å². The number of esters is 1. The van der Waals surface area contributed by atoms with Crippen LogP contribution in [0.1, 0.15) is 42.6 Å². The zero-order valence-electron chi connectivity index (χ0n) is 15.7. The third-order valence-electron chi connectivity index (χ3n) is 3.96. The Bertz CT molecular complexity index is 1000. The fourth-order valence-corrected chi connectivity index (χ4v) is 2.62. The third kappa shape index (κ3) is 4.11. The number of hydrogen-bond acceptors (Lipinski definition) is 6. The van der Waals surface area contributed by atoms with Gasteiger partial charge in [-0.25, -0.2) is 14.3 Å². The summed E-state index contributed by atoms with van der Waals surface area (Å²) in [5, 5.41) is 6.84. The molecule has 0 aliphatic heterocycles. The van der Waals surface area contributed by atoms with Gasteiger partial charge in [-0.1, -0.05) is 39.0 Å². The van der Waals surface area contributed by atoms with E-state index in [1.54, 1.807) is 12.3 Å². The predicted octanol–water partition coefficient (Wildman–Crippen LogP) is 2.53. The maximum atomic E-state index is 12.2. The van der Waals surface area contributed by atoms with Gasteiger partial charge in [0, 0.05) is 17.6 Å². The van der Waals surface area contributed by atoms with Crippen LogP contribution in [0.5, 0.6) is 0 Å². The molecular formula is C19H21N5O3. The van der Waals surface area contributed by atoms with Gasteiger partial charge in [-0.2, -0.15) is 4.98 Å². The molecule has 0 radical (unpaired) electrons. The Kier molecular flexibility index (Phi) is 4.89. The molecular weight excluding hydrogens is 346 g/mol. The minimum absolute atomic E-state index is 0.133. The van der Waals surface area contributed by atoms with E-state index in [1.807, 2.05) is 31.2 Å². The molecule has 3 aromatic rings.